The summed E-state index contributed by atoms with van der Waals surface area (Å²) in [6.45, 7) is 11.0. The number of hydrogen-bond donors (Lipinski definition) is 1. The van der Waals surface area contributed by atoms with Crippen molar-refractivity contribution >= 4 is 23.7 Å². The van der Waals surface area contributed by atoms with Crippen molar-refractivity contribution in [1.82, 2.24) is 14.8 Å². The second kappa shape index (κ2) is 12.6. The molecule has 0 bridgehead atoms. The topological polar surface area (TPSA) is 78.3 Å². The summed E-state index contributed by atoms with van der Waals surface area (Å²) < 4.78 is 13.7. The van der Waals surface area contributed by atoms with Crippen molar-refractivity contribution < 1.29 is 14.3 Å². The van der Waals surface area contributed by atoms with E-state index in [-0.39, 0.29) is 6.61 Å². The molecule has 0 spiro atoms. The maximum atomic E-state index is 13.6. The van der Waals surface area contributed by atoms with Crippen LogP contribution in [-0.4, -0.2) is 26.5 Å². The third-order valence-corrected chi connectivity index (χ3v) is 8.29. The first-order valence-corrected chi connectivity index (χ1v) is 14.9. The minimum absolute atomic E-state index is 0.190. The van der Waals surface area contributed by atoms with Gasteiger partial charge in [0.15, 0.2) is 0 Å². The lowest BCUT2D eigenvalue weighted by Crippen LogP contribution is -2.29. The lowest BCUT2D eigenvalue weighted by Gasteiger charge is -2.28. The van der Waals surface area contributed by atoms with Gasteiger partial charge in [-0.1, -0.05) is 73.3 Å². The first-order valence-electron chi connectivity index (χ1n) is 13.9. The predicted octanol–water partition coefficient (Wildman–Crippen LogP) is 7.32. The van der Waals surface area contributed by atoms with Crippen LogP contribution in [0.3, 0.4) is 0 Å². The highest BCUT2D eigenvalue weighted by molar-refractivity contribution is 7.99. The van der Waals surface area contributed by atoms with Crippen LogP contribution >= 0.6 is 11.8 Å². The highest BCUT2D eigenvalue weighted by atomic mass is 32.2. The fourth-order valence-corrected chi connectivity index (χ4v) is 5.53. The Morgan fingerprint density at radius 2 is 1.68 bits per heavy atom. The van der Waals surface area contributed by atoms with Crippen LogP contribution in [0.4, 0.5) is 5.95 Å². The van der Waals surface area contributed by atoms with Crippen LogP contribution in [0.5, 0.6) is 5.75 Å². The third kappa shape index (κ3) is 6.49. The van der Waals surface area contributed by atoms with E-state index in [0.717, 1.165) is 29.1 Å². The lowest BCUT2D eigenvalue weighted by molar-refractivity contribution is -0.140. The largest absolute Gasteiger partial charge is 0.489 e. The Morgan fingerprint density at radius 1 is 0.951 bits per heavy atom. The molecular weight excluding hydrogens is 532 g/mol. The average Bonchev–Trinajstić information content (AvgIpc) is 3.38. The number of nitrogens with zero attached hydrogens (tertiary/aromatic N) is 3. The van der Waals surface area contributed by atoms with Crippen molar-refractivity contribution in [2.24, 2.45) is 0 Å². The van der Waals surface area contributed by atoms with E-state index < -0.39 is 12.0 Å². The fraction of sp³-hybridized carbons (Fsp3) is 0.303. The zero-order valence-electron chi connectivity index (χ0n) is 24.2. The van der Waals surface area contributed by atoms with Gasteiger partial charge < -0.3 is 14.8 Å². The minimum atomic E-state index is -0.492. The van der Waals surface area contributed by atoms with Crippen LogP contribution < -0.4 is 10.1 Å². The second-order valence-electron chi connectivity index (χ2n) is 10.4. The van der Waals surface area contributed by atoms with Crippen LogP contribution in [0.25, 0.3) is 0 Å². The van der Waals surface area contributed by atoms with Gasteiger partial charge in [-0.15, -0.1) is 5.10 Å². The summed E-state index contributed by atoms with van der Waals surface area (Å²) in [5.74, 6) is 1.89. The number of thioether (sulfide) groups is 1. The molecule has 7 nitrogen and oxygen atoms in total. The Hall–Kier alpha value is -4.04. The zero-order chi connectivity index (χ0) is 28.9. The number of anilines is 1. The summed E-state index contributed by atoms with van der Waals surface area (Å²) >= 11 is 1.60. The van der Waals surface area contributed by atoms with E-state index in [1.165, 1.54) is 22.3 Å². The molecule has 0 amide bonds. The number of carbonyl (C=O) groups is 1. The number of aryl methyl sites for hydroxylation is 3. The van der Waals surface area contributed by atoms with Gasteiger partial charge in [0.05, 0.1) is 5.57 Å². The Kier molecular flexibility index (Phi) is 8.78. The molecule has 8 heteroatoms. The van der Waals surface area contributed by atoms with E-state index in [9.17, 15) is 4.79 Å². The van der Waals surface area contributed by atoms with Crippen molar-refractivity contribution in [3.63, 3.8) is 0 Å². The number of allylic oxidation sites excluding steroid dienone is 1. The zero-order valence-corrected chi connectivity index (χ0v) is 25.0. The molecule has 0 aliphatic carbocycles. The van der Waals surface area contributed by atoms with Crippen molar-refractivity contribution in [3.05, 3.63) is 111 Å². The van der Waals surface area contributed by atoms with Crippen LogP contribution in [0.2, 0.25) is 0 Å². The molecule has 2 heterocycles. The summed E-state index contributed by atoms with van der Waals surface area (Å²) in [6, 6.07) is 21.4. The summed E-state index contributed by atoms with van der Waals surface area (Å²) in [4.78, 5) is 18.2. The van der Waals surface area contributed by atoms with Gasteiger partial charge >= 0.3 is 5.97 Å². The highest BCUT2D eigenvalue weighted by Crippen LogP contribution is 2.37. The van der Waals surface area contributed by atoms with Crippen molar-refractivity contribution in [2.45, 2.75) is 65.5 Å². The van der Waals surface area contributed by atoms with Gasteiger partial charge in [-0.2, -0.15) is 4.98 Å². The van der Waals surface area contributed by atoms with E-state index in [1.807, 2.05) is 61.5 Å². The number of aromatic nitrogens is 3. The van der Waals surface area contributed by atoms with Gasteiger partial charge in [0.25, 0.3) is 0 Å². The molecule has 0 radical (unpaired) electrons. The smallest absolute Gasteiger partial charge is 0.338 e. The molecule has 1 aromatic heterocycles. The maximum Gasteiger partial charge on any atom is 0.338 e. The molecule has 4 aromatic rings. The van der Waals surface area contributed by atoms with E-state index in [0.29, 0.717) is 29.0 Å². The van der Waals surface area contributed by atoms with Crippen LogP contribution in [0, 0.1) is 20.8 Å². The summed E-state index contributed by atoms with van der Waals surface area (Å²) in [6.07, 6.45) is 1.02. The SMILES string of the molecule is CCCSc1nc2n(n1)C(c1ccc(OCc3cc(C)c(C)cc3C)cc1)C(C(=O)OCc1ccccc1)=C(C)N2. The molecule has 1 atom stereocenters. The molecule has 1 N–H and O–H groups in total. The standard InChI is InChI=1S/C33H36N4O3S/c1-6-16-41-33-35-32-34-24(5)29(31(38)40-19-25-10-8-7-9-11-25)30(37(32)36-33)26-12-14-28(15-13-26)39-20-27-18-22(3)21(2)17-23(27)4/h7-15,17-18,30H,6,16,19-20H2,1-5H3,(H,34,35,36). The van der Waals surface area contributed by atoms with Gasteiger partial charge in [-0.3, -0.25) is 0 Å². The number of esters is 1. The summed E-state index contributed by atoms with van der Waals surface area (Å²) in [5, 5.41) is 8.74. The predicted molar refractivity (Wildman–Crippen MR) is 163 cm³/mol. The molecule has 3 aromatic carbocycles. The van der Waals surface area contributed by atoms with E-state index in [4.69, 9.17) is 19.6 Å². The van der Waals surface area contributed by atoms with Crippen molar-refractivity contribution in [2.75, 3.05) is 11.1 Å². The summed E-state index contributed by atoms with van der Waals surface area (Å²) in [7, 11) is 0. The van der Waals surface area contributed by atoms with E-state index >= 15 is 0 Å². The molecule has 212 valence electrons. The minimum Gasteiger partial charge on any atom is -0.489 e. The van der Waals surface area contributed by atoms with E-state index in [1.54, 1.807) is 16.4 Å². The van der Waals surface area contributed by atoms with Gasteiger partial charge in [0, 0.05) is 11.4 Å². The van der Waals surface area contributed by atoms with Crippen molar-refractivity contribution in [3.8, 4) is 5.75 Å². The number of carbonyl (C=O) groups excluding carboxylic acids is 1. The third-order valence-electron chi connectivity index (χ3n) is 7.24. The number of ether oxygens (including phenoxy) is 2. The molecule has 0 saturated carbocycles. The lowest BCUT2D eigenvalue weighted by atomic mass is 9.95. The molecule has 1 aliphatic rings. The normalized spacial score (nSPS) is 14.4. The van der Waals surface area contributed by atoms with Crippen molar-refractivity contribution in [1.29, 1.82) is 0 Å². The van der Waals surface area contributed by atoms with Crippen LogP contribution in [0.15, 0.2) is 83.2 Å². The molecule has 0 saturated heterocycles. The number of benzene rings is 3. The highest BCUT2D eigenvalue weighted by Gasteiger charge is 2.35. The Balaban J connectivity index is 1.41. The maximum absolute atomic E-state index is 13.6. The molecule has 5 rings (SSSR count). The Morgan fingerprint density at radius 3 is 2.41 bits per heavy atom. The molecule has 0 fully saturated rings. The first-order chi connectivity index (χ1) is 19.8. The number of rotatable bonds is 10. The number of hydrogen-bond acceptors (Lipinski definition) is 7. The van der Waals surface area contributed by atoms with Gasteiger partial charge in [-0.05, 0) is 79.6 Å². The molecule has 1 unspecified atom stereocenters. The van der Waals surface area contributed by atoms with E-state index in [2.05, 4.69) is 45.1 Å². The molecular formula is C33H36N4O3S. The number of fused-ring (bicyclic) bond motifs is 1. The first kappa shape index (κ1) is 28.5. The van der Waals surface area contributed by atoms with Crippen LogP contribution in [0.1, 0.15) is 59.7 Å². The number of nitrogens with one attached hydrogen (secondary N) is 1. The van der Waals surface area contributed by atoms with Gasteiger partial charge in [0.1, 0.15) is 25.0 Å². The monoisotopic (exact) mass is 568 g/mol. The Bertz CT molecular complexity index is 1560. The second-order valence-corrected chi connectivity index (χ2v) is 11.4. The average molecular weight is 569 g/mol. The molecule has 41 heavy (non-hydrogen) atoms. The van der Waals surface area contributed by atoms with Crippen LogP contribution in [-0.2, 0) is 22.7 Å². The Labute approximate surface area is 246 Å². The fourth-order valence-electron chi connectivity index (χ4n) is 4.84. The summed E-state index contributed by atoms with van der Waals surface area (Å²) in [5.41, 5.74) is 7.95. The van der Waals surface area contributed by atoms with Gasteiger partial charge in [0.2, 0.25) is 11.1 Å². The quantitative estimate of drug-likeness (QED) is 0.159. The molecule has 1 aliphatic heterocycles. The van der Waals surface area contributed by atoms with Gasteiger partial charge in [-0.25, -0.2) is 9.48 Å².